The molecular formula is C20H23N3O2. The highest BCUT2D eigenvalue weighted by molar-refractivity contribution is 6.05. The topological polar surface area (TPSA) is 71.1 Å². The van der Waals surface area contributed by atoms with Gasteiger partial charge in [0.05, 0.1) is 5.56 Å². The van der Waals surface area contributed by atoms with Gasteiger partial charge in [-0.1, -0.05) is 32.4 Å². The number of allylic oxidation sites excluding steroid dienone is 1. The Morgan fingerprint density at radius 2 is 1.72 bits per heavy atom. The molecule has 5 heteroatoms. The molecule has 0 bridgehead atoms. The van der Waals surface area contributed by atoms with Gasteiger partial charge in [-0.25, -0.2) is 0 Å². The monoisotopic (exact) mass is 337 g/mol. The van der Waals surface area contributed by atoms with Crippen LogP contribution in [0.1, 0.15) is 38.1 Å². The number of carbonyl (C=O) groups is 2. The lowest BCUT2D eigenvalue weighted by atomic mass is 9.87. The highest BCUT2D eigenvalue weighted by Gasteiger charge is 2.14. The van der Waals surface area contributed by atoms with E-state index in [1.165, 1.54) is 6.20 Å². The van der Waals surface area contributed by atoms with E-state index in [4.69, 9.17) is 0 Å². The zero-order chi connectivity index (χ0) is 18.4. The molecule has 2 aromatic rings. The Morgan fingerprint density at radius 3 is 2.32 bits per heavy atom. The fourth-order valence-corrected chi connectivity index (χ4v) is 1.97. The van der Waals surface area contributed by atoms with E-state index in [2.05, 4.69) is 36.4 Å². The van der Waals surface area contributed by atoms with Gasteiger partial charge in [0.15, 0.2) is 0 Å². The van der Waals surface area contributed by atoms with Gasteiger partial charge >= 0.3 is 0 Å². The van der Waals surface area contributed by atoms with Gasteiger partial charge in [-0.15, -0.1) is 0 Å². The fraction of sp³-hybridized carbons (Fsp3) is 0.250. The molecule has 0 radical (unpaired) electrons. The van der Waals surface area contributed by atoms with Gasteiger partial charge in [-0.3, -0.25) is 14.6 Å². The van der Waals surface area contributed by atoms with Crippen molar-refractivity contribution < 1.29 is 9.59 Å². The maximum Gasteiger partial charge on any atom is 0.257 e. The molecule has 0 saturated heterocycles. The number of hydrogen-bond donors (Lipinski definition) is 2. The smallest absolute Gasteiger partial charge is 0.257 e. The zero-order valence-corrected chi connectivity index (χ0v) is 15.0. The molecule has 1 heterocycles. The highest BCUT2D eigenvalue weighted by Crippen LogP contribution is 2.24. The minimum Gasteiger partial charge on any atom is -0.322 e. The minimum absolute atomic E-state index is 0.0586. The Balaban J connectivity index is 2.06. The molecule has 25 heavy (non-hydrogen) atoms. The maximum absolute atomic E-state index is 12.2. The Kier molecular flexibility index (Phi) is 5.70. The van der Waals surface area contributed by atoms with Gasteiger partial charge < -0.3 is 10.6 Å². The van der Waals surface area contributed by atoms with Crippen LogP contribution >= 0.6 is 0 Å². The molecule has 0 unspecified atom stereocenters. The van der Waals surface area contributed by atoms with Crippen LogP contribution in [0, 0.1) is 5.41 Å². The number of nitrogens with zero attached hydrogens (tertiary/aromatic N) is 1. The van der Waals surface area contributed by atoms with Gasteiger partial charge in [0.2, 0.25) is 5.91 Å². The number of amides is 2. The zero-order valence-electron chi connectivity index (χ0n) is 15.0. The first-order valence-electron chi connectivity index (χ1n) is 8.07. The van der Waals surface area contributed by atoms with Crippen molar-refractivity contribution >= 4 is 23.2 Å². The molecule has 2 N–H and O–H groups in total. The number of anilines is 2. The molecule has 0 saturated carbocycles. The third-order valence-electron chi connectivity index (χ3n) is 3.84. The SMILES string of the molecule is C/C(=C\C(=O)Nc1cccc(NC(=O)c2cccnc2)c1)C(C)(C)C. The van der Waals surface area contributed by atoms with Crippen molar-refractivity contribution in [3.8, 4) is 0 Å². The Labute approximate surface area is 148 Å². The van der Waals surface area contributed by atoms with Crippen molar-refractivity contribution in [2.45, 2.75) is 27.7 Å². The summed E-state index contributed by atoms with van der Waals surface area (Å²) < 4.78 is 0. The van der Waals surface area contributed by atoms with Gasteiger partial charge in [0.25, 0.3) is 5.91 Å². The van der Waals surface area contributed by atoms with Gasteiger partial charge in [0.1, 0.15) is 0 Å². The average molecular weight is 337 g/mol. The van der Waals surface area contributed by atoms with Crippen molar-refractivity contribution in [2.75, 3.05) is 10.6 Å². The van der Waals surface area contributed by atoms with Crippen LogP contribution in [0.15, 0.2) is 60.4 Å². The minimum atomic E-state index is -0.250. The molecule has 0 aliphatic rings. The Bertz CT molecular complexity index is 790. The fourth-order valence-electron chi connectivity index (χ4n) is 1.97. The predicted octanol–water partition coefficient (Wildman–Crippen LogP) is 4.26. The summed E-state index contributed by atoms with van der Waals surface area (Å²) in [6, 6.07) is 10.4. The van der Waals surface area contributed by atoms with Crippen molar-refractivity contribution in [2.24, 2.45) is 5.41 Å². The van der Waals surface area contributed by atoms with Gasteiger partial charge in [-0.05, 0) is 42.7 Å². The quantitative estimate of drug-likeness (QED) is 0.819. The molecule has 0 spiro atoms. The predicted molar refractivity (Wildman–Crippen MR) is 100 cm³/mol. The molecule has 5 nitrogen and oxygen atoms in total. The van der Waals surface area contributed by atoms with Crippen LogP contribution in [-0.2, 0) is 4.79 Å². The first kappa shape index (κ1) is 18.4. The lowest BCUT2D eigenvalue weighted by molar-refractivity contribution is -0.112. The van der Waals surface area contributed by atoms with E-state index in [1.807, 2.05) is 6.92 Å². The second-order valence-corrected chi connectivity index (χ2v) is 6.84. The van der Waals surface area contributed by atoms with Crippen LogP contribution in [0.2, 0.25) is 0 Å². The second kappa shape index (κ2) is 7.75. The van der Waals surface area contributed by atoms with Crippen LogP contribution in [-0.4, -0.2) is 16.8 Å². The van der Waals surface area contributed by atoms with E-state index in [1.54, 1.807) is 48.7 Å². The third-order valence-corrected chi connectivity index (χ3v) is 3.84. The van der Waals surface area contributed by atoms with E-state index in [-0.39, 0.29) is 17.2 Å². The van der Waals surface area contributed by atoms with E-state index in [9.17, 15) is 9.59 Å². The average Bonchev–Trinajstić information content (AvgIpc) is 2.55. The van der Waals surface area contributed by atoms with Crippen LogP contribution < -0.4 is 10.6 Å². The number of pyridine rings is 1. The van der Waals surface area contributed by atoms with Gasteiger partial charge in [0, 0.05) is 29.8 Å². The number of nitrogens with one attached hydrogen (secondary N) is 2. The number of hydrogen-bond acceptors (Lipinski definition) is 3. The number of carbonyl (C=O) groups excluding carboxylic acids is 2. The van der Waals surface area contributed by atoms with Crippen molar-refractivity contribution in [3.05, 3.63) is 66.0 Å². The Morgan fingerprint density at radius 1 is 1.04 bits per heavy atom. The van der Waals surface area contributed by atoms with Crippen molar-refractivity contribution in [1.82, 2.24) is 4.98 Å². The van der Waals surface area contributed by atoms with Gasteiger partial charge in [-0.2, -0.15) is 0 Å². The van der Waals surface area contributed by atoms with Crippen LogP contribution in [0.3, 0.4) is 0 Å². The molecule has 130 valence electrons. The third kappa shape index (κ3) is 5.57. The van der Waals surface area contributed by atoms with Crippen LogP contribution in [0.4, 0.5) is 11.4 Å². The summed E-state index contributed by atoms with van der Waals surface area (Å²) in [5.74, 6) is -0.441. The first-order valence-corrected chi connectivity index (χ1v) is 8.07. The molecule has 2 amide bonds. The van der Waals surface area contributed by atoms with Crippen molar-refractivity contribution in [3.63, 3.8) is 0 Å². The van der Waals surface area contributed by atoms with E-state index >= 15 is 0 Å². The second-order valence-electron chi connectivity index (χ2n) is 6.84. The summed E-state index contributed by atoms with van der Waals surface area (Å²) in [4.78, 5) is 28.2. The molecule has 0 atom stereocenters. The summed E-state index contributed by atoms with van der Waals surface area (Å²) in [6.07, 6.45) is 4.71. The molecule has 2 rings (SSSR count). The Hall–Kier alpha value is -2.95. The number of aromatic nitrogens is 1. The molecule has 1 aromatic heterocycles. The normalized spacial score (nSPS) is 11.8. The lowest BCUT2D eigenvalue weighted by Crippen LogP contribution is -2.14. The highest BCUT2D eigenvalue weighted by atomic mass is 16.2. The maximum atomic E-state index is 12.2. The summed E-state index contributed by atoms with van der Waals surface area (Å²) in [5, 5.41) is 5.61. The number of rotatable bonds is 4. The largest absolute Gasteiger partial charge is 0.322 e. The molecular weight excluding hydrogens is 314 g/mol. The lowest BCUT2D eigenvalue weighted by Gasteiger charge is -2.19. The van der Waals surface area contributed by atoms with E-state index in [0.29, 0.717) is 16.9 Å². The summed E-state index contributed by atoms with van der Waals surface area (Å²) in [7, 11) is 0. The van der Waals surface area contributed by atoms with Crippen LogP contribution in [0.5, 0.6) is 0 Å². The number of benzene rings is 1. The summed E-state index contributed by atoms with van der Waals surface area (Å²) in [5.41, 5.74) is 2.62. The standard InChI is InChI=1S/C20H23N3O2/c1-14(20(2,3)4)11-18(24)22-16-8-5-9-17(12-16)23-19(25)15-7-6-10-21-13-15/h5-13H,1-4H3,(H,22,24)(H,23,25)/b14-11+. The molecule has 0 fully saturated rings. The summed E-state index contributed by atoms with van der Waals surface area (Å²) >= 11 is 0. The van der Waals surface area contributed by atoms with Crippen LogP contribution in [0.25, 0.3) is 0 Å². The van der Waals surface area contributed by atoms with E-state index in [0.717, 1.165) is 5.57 Å². The first-order chi connectivity index (χ1) is 11.8. The molecule has 1 aromatic carbocycles. The molecule has 0 aliphatic heterocycles. The van der Waals surface area contributed by atoms with E-state index < -0.39 is 0 Å². The van der Waals surface area contributed by atoms with Crippen molar-refractivity contribution in [1.29, 1.82) is 0 Å². The molecule has 0 aliphatic carbocycles. The summed E-state index contributed by atoms with van der Waals surface area (Å²) in [6.45, 7) is 8.10.